The molecule has 54 heavy (non-hydrogen) atoms. The van der Waals surface area contributed by atoms with Crippen molar-refractivity contribution in [2.45, 2.75) is 97.3 Å². The van der Waals surface area contributed by atoms with E-state index in [0.29, 0.717) is 24.7 Å². The van der Waals surface area contributed by atoms with E-state index in [-0.39, 0.29) is 35.3 Å². The summed E-state index contributed by atoms with van der Waals surface area (Å²) < 4.78 is 23.0. The van der Waals surface area contributed by atoms with Gasteiger partial charge in [-0.1, -0.05) is 113 Å². The standard InChI is InChI=1S/C43H53N3O8/c1-7-15-34(47)42(3,4)36-21-13-18-29-25-28(29)17-9-11-23-38-45-33(26-51-38)41(50)54-37(43(5,6)35(48)16-8-2)22-14-20-31-30(44-31)19-10-12-24-39-46-32(27-52-39)40(49)53-36/h7-20,23-24,26-31,34-37,44,47-48H,21-22,25H2,1-6H3/b15-7+,16-8+,17-9+,18-13-,19-10+,20-14-,23-11-,24-12-/t28-,29?,30-,31+,34-,35-,36-,37-/m0/s1. The van der Waals surface area contributed by atoms with Crippen molar-refractivity contribution < 1.29 is 38.1 Å². The molecule has 1 aliphatic carbocycles. The fourth-order valence-electron chi connectivity index (χ4n) is 6.13. The van der Waals surface area contributed by atoms with Crippen LogP contribution in [-0.2, 0) is 9.47 Å². The number of aliphatic hydroxyl groups excluding tert-OH is 2. The molecule has 3 N–H and O–H groups in total. The largest absolute Gasteiger partial charge is 0.457 e. The third kappa shape index (κ3) is 10.6. The molecule has 4 bridgehead atoms. The Morgan fingerprint density at radius 1 is 0.704 bits per heavy atom. The predicted octanol–water partition coefficient (Wildman–Crippen LogP) is 7.36. The van der Waals surface area contributed by atoms with Gasteiger partial charge in [-0.3, -0.25) is 0 Å². The Hall–Kier alpha value is -4.84. The molecule has 3 aliphatic rings. The lowest BCUT2D eigenvalue weighted by atomic mass is 9.79. The van der Waals surface area contributed by atoms with Gasteiger partial charge in [-0.2, -0.15) is 0 Å². The van der Waals surface area contributed by atoms with Gasteiger partial charge in [0.05, 0.1) is 12.2 Å². The molecule has 1 unspecified atom stereocenters. The summed E-state index contributed by atoms with van der Waals surface area (Å²) in [6.07, 6.45) is 31.1. The maximum Gasteiger partial charge on any atom is 0.360 e. The van der Waals surface area contributed by atoms with Gasteiger partial charge in [-0.15, -0.1) is 0 Å². The number of esters is 2. The number of aliphatic hydroxyl groups is 2. The number of ether oxygens (including phenoxy) is 2. The number of hydrogen-bond donors (Lipinski definition) is 3. The van der Waals surface area contributed by atoms with E-state index in [4.69, 9.17) is 18.3 Å². The number of allylic oxidation sites excluding steroid dienone is 8. The lowest BCUT2D eigenvalue weighted by Crippen LogP contribution is -2.42. The van der Waals surface area contributed by atoms with Crippen molar-refractivity contribution in [2.24, 2.45) is 22.7 Å². The molecule has 8 atom stereocenters. The van der Waals surface area contributed by atoms with Crippen molar-refractivity contribution in [1.29, 1.82) is 0 Å². The summed E-state index contributed by atoms with van der Waals surface area (Å²) in [5.74, 6) is -0.0666. The molecule has 4 heterocycles. The summed E-state index contributed by atoms with van der Waals surface area (Å²) in [7, 11) is 0. The van der Waals surface area contributed by atoms with Crippen molar-refractivity contribution >= 4 is 24.1 Å². The number of hydrogen-bond acceptors (Lipinski definition) is 11. The average Bonchev–Trinajstić information content (AvgIpc) is 3.93. The average molecular weight is 740 g/mol. The molecule has 11 heteroatoms. The lowest BCUT2D eigenvalue weighted by molar-refractivity contribution is -0.0461. The molecule has 11 nitrogen and oxygen atoms in total. The van der Waals surface area contributed by atoms with E-state index in [1.54, 1.807) is 42.5 Å². The number of aromatic nitrogens is 2. The molecule has 1 saturated carbocycles. The number of oxazole rings is 2. The van der Waals surface area contributed by atoms with Crippen LogP contribution in [0.1, 0.15) is 93.6 Å². The molecule has 5 rings (SSSR count). The highest BCUT2D eigenvalue weighted by molar-refractivity contribution is 5.87. The van der Waals surface area contributed by atoms with Gasteiger partial charge in [0.2, 0.25) is 11.8 Å². The molecule has 2 fully saturated rings. The molecule has 1 saturated heterocycles. The Morgan fingerprint density at radius 2 is 1.17 bits per heavy atom. The predicted molar refractivity (Wildman–Crippen MR) is 207 cm³/mol. The number of cyclic esters (lactones) is 2. The first kappa shape index (κ1) is 40.3. The second-order valence-corrected chi connectivity index (χ2v) is 15.1. The van der Waals surface area contributed by atoms with E-state index >= 15 is 0 Å². The van der Waals surface area contributed by atoms with Crippen molar-refractivity contribution in [3.05, 3.63) is 121 Å². The summed E-state index contributed by atoms with van der Waals surface area (Å²) in [4.78, 5) is 35.1. The molecular weight excluding hydrogens is 686 g/mol. The quantitative estimate of drug-likeness (QED) is 0.154. The number of carbonyl (C=O) groups is 2. The summed E-state index contributed by atoms with van der Waals surface area (Å²) in [5, 5.41) is 25.2. The van der Waals surface area contributed by atoms with Gasteiger partial charge in [-0.05, 0) is 32.1 Å². The summed E-state index contributed by atoms with van der Waals surface area (Å²) in [5.41, 5.74) is -1.50. The number of nitrogens with zero attached hydrogens (tertiary/aromatic N) is 2. The van der Waals surface area contributed by atoms with Crippen LogP contribution in [0.2, 0.25) is 0 Å². The van der Waals surface area contributed by atoms with Gasteiger partial charge >= 0.3 is 11.9 Å². The fraction of sp³-hybridized carbons (Fsp3) is 0.442. The highest BCUT2D eigenvalue weighted by atomic mass is 16.6. The molecule has 2 aromatic heterocycles. The van der Waals surface area contributed by atoms with Crippen LogP contribution in [0.5, 0.6) is 0 Å². The highest BCUT2D eigenvalue weighted by Gasteiger charge is 2.40. The molecule has 288 valence electrons. The first-order valence-corrected chi connectivity index (χ1v) is 18.6. The van der Waals surface area contributed by atoms with E-state index in [1.807, 2.05) is 84.1 Å². The van der Waals surface area contributed by atoms with Gasteiger partial charge in [0, 0.05) is 47.9 Å². The fourth-order valence-corrected chi connectivity index (χ4v) is 6.13. The zero-order chi connectivity index (χ0) is 38.9. The van der Waals surface area contributed by atoms with Gasteiger partial charge in [0.25, 0.3) is 0 Å². The smallest absolute Gasteiger partial charge is 0.360 e. The number of carbonyl (C=O) groups excluding carboxylic acids is 2. The van der Waals surface area contributed by atoms with E-state index in [1.165, 1.54) is 12.5 Å². The Balaban J connectivity index is 1.35. The van der Waals surface area contributed by atoms with Crippen LogP contribution in [0.15, 0.2) is 106 Å². The van der Waals surface area contributed by atoms with Crippen LogP contribution in [0.3, 0.4) is 0 Å². The maximum atomic E-state index is 13.2. The number of nitrogens with one attached hydrogen (secondary N) is 1. The molecule has 0 spiro atoms. The molecule has 2 aromatic rings. The number of rotatable bonds is 6. The van der Waals surface area contributed by atoms with Gasteiger partial charge in [0.15, 0.2) is 11.4 Å². The van der Waals surface area contributed by atoms with E-state index in [2.05, 4.69) is 27.4 Å². The van der Waals surface area contributed by atoms with Crippen LogP contribution in [-0.4, -0.2) is 68.6 Å². The van der Waals surface area contributed by atoms with E-state index in [9.17, 15) is 19.8 Å². The SMILES string of the molecule is C/C=C/[C@H](O)C(C)(C)[C@@H]1C/C=C\C2C[C@@H]2/C=C/C=C\c2nc(co2)C(=O)O[C@H](C(C)(C)[C@@H](O)/C=C/C)C/C=C\[C@H]2N[C@H]2/C=C/C=C\c2nc(co2)C(=O)O1. The zero-order valence-corrected chi connectivity index (χ0v) is 31.9. The Kier molecular flexibility index (Phi) is 13.4. The lowest BCUT2D eigenvalue weighted by Gasteiger charge is -2.36. The van der Waals surface area contributed by atoms with Gasteiger partial charge < -0.3 is 33.8 Å². The number of fused-ring (bicyclic) bond motifs is 6. The van der Waals surface area contributed by atoms with Crippen molar-refractivity contribution in [1.82, 2.24) is 15.3 Å². The van der Waals surface area contributed by atoms with Crippen LogP contribution < -0.4 is 5.32 Å². The van der Waals surface area contributed by atoms with Crippen molar-refractivity contribution in [3.8, 4) is 0 Å². The van der Waals surface area contributed by atoms with Crippen LogP contribution in [0.4, 0.5) is 0 Å². The van der Waals surface area contributed by atoms with Gasteiger partial charge in [0.1, 0.15) is 24.7 Å². The summed E-state index contributed by atoms with van der Waals surface area (Å²) in [6, 6.07) is 0.180. The Labute approximate surface area is 317 Å². The zero-order valence-electron chi connectivity index (χ0n) is 31.9. The molecular formula is C43H53N3O8. The van der Waals surface area contributed by atoms with Crippen molar-refractivity contribution in [3.63, 3.8) is 0 Å². The van der Waals surface area contributed by atoms with Crippen molar-refractivity contribution in [2.75, 3.05) is 0 Å². The Morgan fingerprint density at radius 3 is 1.69 bits per heavy atom. The van der Waals surface area contributed by atoms with E-state index in [0.717, 1.165) is 6.42 Å². The first-order chi connectivity index (χ1) is 25.8. The van der Waals surface area contributed by atoms with Crippen LogP contribution in [0.25, 0.3) is 12.2 Å². The third-order valence-electron chi connectivity index (χ3n) is 10.3. The first-order valence-electron chi connectivity index (χ1n) is 18.6. The molecule has 0 radical (unpaired) electrons. The Bertz CT molecular complexity index is 1700. The maximum absolute atomic E-state index is 13.2. The van der Waals surface area contributed by atoms with Gasteiger partial charge in [-0.25, -0.2) is 19.6 Å². The molecule has 0 aromatic carbocycles. The normalized spacial score (nSPS) is 30.5. The minimum absolute atomic E-state index is 0.0458. The molecule has 0 amide bonds. The minimum atomic E-state index is -0.848. The third-order valence-corrected chi connectivity index (χ3v) is 10.3. The van der Waals surface area contributed by atoms with Crippen LogP contribution >= 0.6 is 0 Å². The summed E-state index contributed by atoms with van der Waals surface area (Å²) >= 11 is 0. The van der Waals surface area contributed by atoms with Crippen LogP contribution in [0, 0.1) is 22.7 Å². The second-order valence-electron chi connectivity index (χ2n) is 15.1. The van der Waals surface area contributed by atoms with E-state index < -0.39 is 47.2 Å². The second kappa shape index (κ2) is 18.0. The minimum Gasteiger partial charge on any atom is -0.457 e. The summed E-state index contributed by atoms with van der Waals surface area (Å²) in [6.45, 7) is 11.1. The molecule has 2 aliphatic heterocycles. The topological polar surface area (TPSA) is 167 Å². The monoisotopic (exact) mass is 739 g/mol. The highest BCUT2D eigenvalue weighted by Crippen LogP contribution is 2.41.